The van der Waals surface area contributed by atoms with Crippen molar-refractivity contribution >= 4 is 11.8 Å². The first kappa shape index (κ1) is 16.9. The number of non-ortho nitro benzene ring substituents is 1. The minimum absolute atomic E-state index is 0.0972. The minimum Gasteiger partial charge on any atom is -0.444 e. The molecule has 1 amide bonds. The Bertz CT molecular complexity index is 537. The molecule has 0 bridgehead atoms. The fraction of sp³-hybridized carbons (Fsp3) is 0.500. The average molecular weight is 296 g/mol. The predicted molar refractivity (Wildman–Crippen MR) is 77.0 cm³/mol. The highest BCUT2D eigenvalue weighted by Gasteiger charge is 2.22. The van der Waals surface area contributed by atoms with Gasteiger partial charge >= 0.3 is 6.09 Å². The number of aliphatic hydroxyl groups excluding tert-OH is 1. The van der Waals surface area contributed by atoms with E-state index in [0.29, 0.717) is 5.56 Å². The maximum atomic E-state index is 11.8. The van der Waals surface area contributed by atoms with E-state index in [1.807, 2.05) is 0 Å². The molecule has 0 fully saturated rings. The van der Waals surface area contributed by atoms with Crippen LogP contribution in [-0.2, 0) is 4.74 Å². The van der Waals surface area contributed by atoms with E-state index in [1.165, 1.54) is 12.1 Å². The second-order valence-corrected chi connectivity index (χ2v) is 5.68. The van der Waals surface area contributed by atoms with E-state index in [-0.39, 0.29) is 12.3 Å². The van der Waals surface area contributed by atoms with Crippen LogP contribution in [-0.4, -0.2) is 28.3 Å². The van der Waals surface area contributed by atoms with Crippen molar-refractivity contribution in [1.29, 1.82) is 0 Å². The first-order chi connectivity index (χ1) is 9.64. The van der Waals surface area contributed by atoms with E-state index < -0.39 is 22.7 Å². The summed E-state index contributed by atoms with van der Waals surface area (Å²) in [4.78, 5) is 22.0. The monoisotopic (exact) mass is 296 g/mol. The second kappa shape index (κ2) is 6.53. The Morgan fingerprint density at radius 2 is 2.10 bits per heavy atom. The van der Waals surface area contributed by atoms with Crippen molar-refractivity contribution in [3.63, 3.8) is 0 Å². The number of amides is 1. The number of carbonyl (C=O) groups excluding carboxylic acids is 1. The number of carbonyl (C=O) groups is 1. The molecule has 0 saturated heterocycles. The number of alkyl carbamates (subject to hydrolysis) is 1. The molecule has 21 heavy (non-hydrogen) atoms. The van der Waals surface area contributed by atoms with E-state index in [4.69, 9.17) is 4.74 Å². The lowest BCUT2D eigenvalue weighted by molar-refractivity contribution is -0.385. The summed E-state index contributed by atoms with van der Waals surface area (Å²) in [5.74, 6) is 0. The van der Waals surface area contributed by atoms with Crippen molar-refractivity contribution in [2.75, 3.05) is 6.61 Å². The van der Waals surface area contributed by atoms with Gasteiger partial charge in [0.2, 0.25) is 0 Å². The Labute approximate surface area is 123 Å². The number of nitrogens with zero attached hydrogens (tertiary/aromatic N) is 1. The summed E-state index contributed by atoms with van der Waals surface area (Å²) in [7, 11) is 0. The fourth-order valence-electron chi connectivity index (χ4n) is 1.79. The summed E-state index contributed by atoms with van der Waals surface area (Å²) in [6.07, 6.45) is -0.688. The summed E-state index contributed by atoms with van der Waals surface area (Å²) in [6, 6.07) is 3.53. The van der Waals surface area contributed by atoms with E-state index in [0.717, 1.165) is 5.56 Å². The van der Waals surface area contributed by atoms with Crippen molar-refractivity contribution < 1.29 is 19.6 Å². The lowest BCUT2D eigenvalue weighted by Crippen LogP contribution is -2.36. The van der Waals surface area contributed by atoms with Gasteiger partial charge in [0.15, 0.2) is 0 Å². The third-order valence-corrected chi connectivity index (χ3v) is 2.72. The molecule has 0 aliphatic carbocycles. The number of nitrogens with one attached hydrogen (secondary N) is 1. The molecule has 0 saturated carbocycles. The molecule has 2 N–H and O–H groups in total. The maximum Gasteiger partial charge on any atom is 0.408 e. The van der Waals surface area contributed by atoms with Gasteiger partial charge in [-0.05, 0) is 38.8 Å². The Morgan fingerprint density at radius 1 is 1.48 bits per heavy atom. The molecule has 116 valence electrons. The van der Waals surface area contributed by atoms with Crippen molar-refractivity contribution in [2.45, 2.75) is 39.3 Å². The smallest absolute Gasteiger partial charge is 0.408 e. The standard InChI is InChI=1S/C14H20N2O5/c1-9-5-6-10(16(19)20)7-11(9)12(8-17)15-13(18)21-14(2,3)4/h5-7,12,17H,8H2,1-4H3,(H,15,18)/t12-/m0/s1. The molecular formula is C14H20N2O5. The van der Waals surface area contributed by atoms with Gasteiger partial charge in [0.05, 0.1) is 17.6 Å². The van der Waals surface area contributed by atoms with Crippen LogP contribution in [0.2, 0.25) is 0 Å². The van der Waals surface area contributed by atoms with Crippen LogP contribution in [0.5, 0.6) is 0 Å². The minimum atomic E-state index is -0.764. The number of aliphatic hydroxyl groups is 1. The number of aryl methyl sites for hydroxylation is 1. The van der Waals surface area contributed by atoms with Crippen molar-refractivity contribution in [1.82, 2.24) is 5.32 Å². The topological polar surface area (TPSA) is 102 Å². The number of hydrogen-bond acceptors (Lipinski definition) is 5. The molecule has 1 atom stereocenters. The van der Waals surface area contributed by atoms with E-state index >= 15 is 0 Å². The highest BCUT2D eigenvalue weighted by molar-refractivity contribution is 5.68. The largest absolute Gasteiger partial charge is 0.444 e. The van der Waals surface area contributed by atoms with Gasteiger partial charge in [-0.15, -0.1) is 0 Å². The Balaban J connectivity index is 2.97. The molecule has 0 unspecified atom stereocenters. The summed E-state index contributed by atoms with van der Waals surface area (Å²) < 4.78 is 5.11. The molecule has 1 aromatic rings. The van der Waals surface area contributed by atoms with Gasteiger partial charge in [0.1, 0.15) is 5.60 Å². The van der Waals surface area contributed by atoms with Crippen LogP contribution in [0.4, 0.5) is 10.5 Å². The molecule has 1 rings (SSSR count). The van der Waals surface area contributed by atoms with Crippen LogP contribution in [0.25, 0.3) is 0 Å². The lowest BCUT2D eigenvalue weighted by Gasteiger charge is -2.23. The van der Waals surface area contributed by atoms with Crippen LogP contribution >= 0.6 is 0 Å². The molecule has 0 radical (unpaired) electrons. The van der Waals surface area contributed by atoms with E-state index in [9.17, 15) is 20.0 Å². The molecule has 7 nitrogen and oxygen atoms in total. The number of rotatable bonds is 4. The molecule has 0 aliphatic heterocycles. The maximum absolute atomic E-state index is 11.8. The molecule has 0 spiro atoms. The lowest BCUT2D eigenvalue weighted by atomic mass is 10.0. The molecule has 1 aromatic carbocycles. The zero-order valence-corrected chi connectivity index (χ0v) is 12.5. The van der Waals surface area contributed by atoms with Gasteiger partial charge in [0, 0.05) is 12.1 Å². The van der Waals surface area contributed by atoms with Crippen LogP contribution in [0.3, 0.4) is 0 Å². The summed E-state index contributed by atoms with van der Waals surface area (Å²) >= 11 is 0. The third kappa shape index (κ3) is 5.03. The summed E-state index contributed by atoms with van der Waals surface area (Å²) in [5.41, 5.74) is 0.454. The third-order valence-electron chi connectivity index (χ3n) is 2.72. The molecular weight excluding hydrogens is 276 g/mol. The second-order valence-electron chi connectivity index (χ2n) is 5.68. The quantitative estimate of drug-likeness (QED) is 0.656. The molecule has 7 heteroatoms. The van der Waals surface area contributed by atoms with E-state index in [2.05, 4.69) is 5.32 Å². The molecule has 0 aliphatic rings. The van der Waals surface area contributed by atoms with Crippen LogP contribution < -0.4 is 5.32 Å². The van der Waals surface area contributed by atoms with Crippen molar-refractivity contribution in [3.05, 3.63) is 39.4 Å². The van der Waals surface area contributed by atoms with Gasteiger partial charge in [-0.25, -0.2) is 4.79 Å². The van der Waals surface area contributed by atoms with Gasteiger partial charge in [-0.2, -0.15) is 0 Å². The van der Waals surface area contributed by atoms with Crippen LogP contribution in [0.1, 0.15) is 37.9 Å². The fourth-order valence-corrected chi connectivity index (χ4v) is 1.79. The summed E-state index contributed by atoms with van der Waals surface area (Å²) in [5, 5.41) is 22.8. The first-order valence-electron chi connectivity index (χ1n) is 6.49. The average Bonchev–Trinajstić information content (AvgIpc) is 2.34. The predicted octanol–water partition coefficient (Wildman–Crippen LogP) is 2.46. The van der Waals surface area contributed by atoms with Crippen molar-refractivity contribution in [2.24, 2.45) is 0 Å². The zero-order chi connectivity index (χ0) is 16.2. The Kier molecular flexibility index (Phi) is 5.26. The highest BCUT2D eigenvalue weighted by Crippen LogP contribution is 2.23. The number of ether oxygens (including phenoxy) is 1. The number of nitro benzene ring substituents is 1. The van der Waals surface area contributed by atoms with Gasteiger partial charge in [0.25, 0.3) is 5.69 Å². The van der Waals surface area contributed by atoms with Gasteiger partial charge < -0.3 is 15.2 Å². The van der Waals surface area contributed by atoms with Crippen LogP contribution in [0, 0.1) is 17.0 Å². The van der Waals surface area contributed by atoms with Gasteiger partial charge in [-0.3, -0.25) is 10.1 Å². The zero-order valence-electron chi connectivity index (χ0n) is 12.5. The SMILES string of the molecule is Cc1ccc([N+](=O)[O-])cc1[C@H](CO)NC(=O)OC(C)(C)C. The number of nitro groups is 1. The van der Waals surface area contributed by atoms with Crippen molar-refractivity contribution in [3.8, 4) is 0 Å². The Hall–Kier alpha value is -2.15. The molecule has 0 aromatic heterocycles. The summed E-state index contributed by atoms with van der Waals surface area (Å²) in [6.45, 7) is 6.52. The first-order valence-corrected chi connectivity index (χ1v) is 6.49. The normalized spacial score (nSPS) is 12.6. The van der Waals surface area contributed by atoms with Crippen LogP contribution in [0.15, 0.2) is 18.2 Å². The number of hydrogen-bond donors (Lipinski definition) is 2. The number of benzene rings is 1. The highest BCUT2D eigenvalue weighted by atomic mass is 16.6. The van der Waals surface area contributed by atoms with E-state index in [1.54, 1.807) is 33.8 Å². The Morgan fingerprint density at radius 3 is 2.57 bits per heavy atom. The molecule has 0 heterocycles. The van der Waals surface area contributed by atoms with Gasteiger partial charge in [-0.1, -0.05) is 6.07 Å².